The van der Waals surface area contributed by atoms with Crippen molar-refractivity contribution in [2.45, 2.75) is 52.7 Å². The highest BCUT2D eigenvalue weighted by atomic mass is 16.6. The molecule has 0 unspecified atom stereocenters. The number of esters is 1. The van der Waals surface area contributed by atoms with E-state index < -0.39 is 11.2 Å². The lowest BCUT2D eigenvalue weighted by Crippen LogP contribution is -2.55. The van der Waals surface area contributed by atoms with Gasteiger partial charge in [-0.3, -0.25) is 4.79 Å². The zero-order chi connectivity index (χ0) is 14.1. The lowest BCUT2D eigenvalue weighted by atomic mass is 10.0. The van der Waals surface area contributed by atoms with Gasteiger partial charge in [-0.2, -0.15) is 0 Å². The Bertz CT molecular complexity index is 300. The van der Waals surface area contributed by atoms with Crippen LogP contribution in [0.15, 0.2) is 0 Å². The van der Waals surface area contributed by atoms with Crippen molar-refractivity contribution in [3.63, 3.8) is 0 Å². The molecule has 1 saturated heterocycles. The van der Waals surface area contributed by atoms with E-state index in [1.54, 1.807) is 0 Å². The number of nitrogens with zero attached hydrogens (tertiary/aromatic N) is 1. The minimum Gasteiger partial charge on any atom is -0.460 e. The Labute approximate surface area is 108 Å². The second-order valence-corrected chi connectivity index (χ2v) is 6.62. The molecule has 5 nitrogen and oxygen atoms in total. The van der Waals surface area contributed by atoms with Gasteiger partial charge in [-0.05, 0) is 41.5 Å². The van der Waals surface area contributed by atoms with Crippen molar-refractivity contribution in [1.29, 1.82) is 0 Å². The van der Waals surface area contributed by atoms with Crippen LogP contribution in [0.2, 0.25) is 0 Å². The number of carbonyl (C=O) groups excluding carboxylic acids is 2. The summed E-state index contributed by atoms with van der Waals surface area (Å²) in [7, 11) is 0. The molecule has 0 saturated carbocycles. The largest absolute Gasteiger partial charge is 0.460 e. The van der Waals surface area contributed by atoms with Gasteiger partial charge in [0.2, 0.25) is 0 Å². The van der Waals surface area contributed by atoms with E-state index in [2.05, 4.69) is 0 Å². The van der Waals surface area contributed by atoms with E-state index in [1.165, 1.54) is 4.90 Å². The number of carbonyl (C=O) groups is 2. The summed E-state index contributed by atoms with van der Waals surface area (Å²) in [6.45, 7) is 11.7. The maximum atomic E-state index is 11.7. The van der Waals surface area contributed by atoms with Crippen molar-refractivity contribution in [3.05, 3.63) is 0 Å². The molecule has 0 atom stereocenters. The summed E-state index contributed by atoms with van der Waals surface area (Å²) in [6.07, 6.45) is -0.373. The molecule has 0 aromatic carbocycles. The molecule has 0 aliphatic carbocycles. The van der Waals surface area contributed by atoms with Gasteiger partial charge in [-0.1, -0.05) is 0 Å². The van der Waals surface area contributed by atoms with Gasteiger partial charge in [-0.25, -0.2) is 4.79 Å². The fourth-order valence-electron chi connectivity index (χ4n) is 1.49. The molecule has 1 rings (SSSR count). The summed E-state index contributed by atoms with van der Waals surface area (Å²) < 4.78 is 10.5. The molecule has 104 valence electrons. The molecule has 1 aliphatic rings. The standard InChI is InChI=1S/C13H23NO4/c1-12(2,3)17-10(15)9-7-14(8-9)11(16)18-13(4,5)6/h9H,7-8H2,1-6H3. The van der Waals surface area contributed by atoms with Gasteiger partial charge in [0.15, 0.2) is 0 Å². The van der Waals surface area contributed by atoms with Gasteiger partial charge in [0, 0.05) is 13.1 Å². The van der Waals surface area contributed by atoms with Gasteiger partial charge in [0.25, 0.3) is 0 Å². The molecular formula is C13H23NO4. The highest BCUT2D eigenvalue weighted by Gasteiger charge is 2.39. The van der Waals surface area contributed by atoms with Gasteiger partial charge in [0.1, 0.15) is 11.2 Å². The number of hydrogen-bond donors (Lipinski definition) is 0. The zero-order valence-electron chi connectivity index (χ0n) is 12.1. The van der Waals surface area contributed by atoms with E-state index in [0.717, 1.165) is 0 Å². The molecule has 18 heavy (non-hydrogen) atoms. The number of likely N-dealkylation sites (tertiary alicyclic amines) is 1. The topological polar surface area (TPSA) is 55.8 Å². The van der Waals surface area contributed by atoms with Crippen LogP contribution in [-0.4, -0.2) is 41.3 Å². The number of hydrogen-bond acceptors (Lipinski definition) is 4. The van der Waals surface area contributed by atoms with E-state index in [1.807, 2.05) is 41.5 Å². The van der Waals surface area contributed by atoms with Gasteiger partial charge in [0.05, 0.1) is 5.92 Å². The second-order valence-electron chi connectivity index (χ2n) is 6.62. The molecule has 0 aromatic heterocycles. The van der Waals surface area contributed by atoms with Crippen molar-refractivity contribution < 1.29 is 19.1 Å². The molecular weight excluding hydrogens is 234 g/mol. The number of amides is 1. The molecule has 0 bridgehead atoms. The Kier molecular flexibility index (Phi) is 3.93. The number of rotatable bonds is 1. The Morgan fingerprint density at radius 1 is 0.944 bits per heavy atom. The van der Waals surface area contributed by atoms with Gasteiger partial charge in [-0.15, -0.1) is 0 Å². The van der Waals surface area contributed by atoms with E-state index in [-0.39, 0.29) is 18.0 Å². The first-order valence-corrected chi connectivity index (χ1v) is 6.19. The summed E-state index contributed by atoms with van der Waals surface area (Å²) in [6, 6.07) is 0. The lowest BCUT2D eigenvalue weighted by molar-refractivity contribution is -0.165. The fourth-order valence-corrected chi connectivity index (χ4v) is 1.49. The van der Waals surface area contributed by atoms with Crippen LogP contribution in [0.25, 0.3) is 0 Å². The smallest absolute Gasteiger partial charge is 0.410 e. The predicted molar refractivity (Wildman–Crippen MR) is 67.1 cm³/mol. The zero-order valence-corrected chi connectivity index (χ0v) is 12.1. The monoisotopic (exact) mass is 257 g/mol. The normalized spacial score (nSPS) is 17.1. The van der Waals surface area contributed by atoms with Crippen LogP contribution < -0.4 is 0 Å². The molecule has 1 amide bonds. The lowest BCUT2D eigenvalue weighted by Gasteiger charge is -2.39. The average Bonchev–Trinajstić information content (AvgIpc) is 1.91. The molecule has 1 heterocycles. The first-order valence-electron chi connectivity index (χ1n) is 6.19. The van der Waals surface area contributed by atoms with Gasteiger partial charge < -0.3 is 14.4 Å². The SMILES string of the molecule is CC(C)(C)OC(=O)C1CN(C(=O)OC(C)(C)C)C1. The van der Waals surface area contributed by atoms with Crippen molar-refractivity contribution in [1.82, 2.24) is 4.90 Å². The summed E-state index contributed by atoms with van der Waals surface area (Å²) >= 11 is 0. The van der Waals surface area contributed by atoms with Gasteiger partial charge >= 0.3 is 12.1 Å². The molecule has 5 heteroatoms. The molecule has 0 aromatic rings. The Morgan fingerprint density at radius 3 is 1.78 bits per heavy atom. The third-order valence-electron chi connectivity index (χ3n) is 2.27. The molecule has 0 radical (unpaired) electrons. The molecule has 0 spiro atoms. The Morgan fingerprint density at radius 2 is 1.39 bits per heavy atom. The molecule has 1 fully saturated rings. The van der Waals surface area contributed by atoms with Crippen molar-refractivity contribution in [2.24, 2.45) is 5.92 Å². The van der Waals surface area contributed by atoms with Crippen LogP contribution in [0.5, 0.6) is 0 Å². The third-order valence-corrected chi connectivity index (χ3v) is 2.27. The summed E-state index contributed by atoms with van der Waals surface area (Å²) in [4.78, 5) is 24.9. The average molecular weight is 257 g/mol. The quantitative estimate of drug-likeness (QED) is 0.676. The summed E-state index contributed by atoms with van der Waals surface area (Å²) in [5.41, 5.74) is -0.989. The first kappa shape index (κ1) is 14.8. The minimum atomic E-state index is -0.506. The van der Waals surface area contributed by atoms with E-state index in [9.17, 15) is 9.59 Å². The third kappa shape index (κ3) is 4.55. The second kappa shape index (κ2) is 4.78. The van der Waals surface area contributed by atoms with Crippen LogP contribution in [-0.2, 0) is 14.3 Å². The van der Waals surface area contributed by atoms with E-state index in [4.69, 9.17) is 9.47 Å². The Hall–Kier alpha value is -1.26. The predicted octanol–water partition coefficient (Wildman–Crippen LogP) is 2.20. The van der Waals surface area contributed by atoms with Crippen LogP contribution in [0.4, 0.5) is 4.79 Å². The fraction of sp³-hybridized carbons (Fsp3) is 0.846. The first-order chi connectivity index (χ1) is 7.98. The van der Waals surface area contributed by atoms with Crippen molar-refractivity contribution in [3.8, 4) is 0 Å². The summed E-state index contributed by atoms with van der Waals surface area (Å²) in [5.74, 6) is -0.473. The van der Waals surface area contributed by atoms with E-state index >= 15 is 0 Å². The summed E-state index contributed by atoms with van der Waals surface area (Å²) in [5, 5.41) is 0. The van der Waals surface area contributed by atoms with E-state index in [0.29, 0.717) is 13.1 Å². The maximum Gasteiger partial charge on any atom is 0.410 e. The van der Waals surface area contributed by atoms with Crippen LogP contribution in [0.3, 0.4) is 0 Å². The molecule has 1 aliphatic heterocycles. The number of ether oxygens (including phenoxy) is 2. The van der Waals surface area contributed by atoms with Crippen LogP contribution in [0, 0.1) is 5.92 Å². The highest BCUT2D eigenvalue weighted by molar-refractivity contribution is 5.78. The maximum absolute atomic E-state index is 11.7. The Balaban J connectivity index is 2.36. The minimum absolute atomic E-state index is 0.225. The van der Waals surface area contributed by atoms with Crippen LogP contribution >= 0.6 is 0 Å². The van der Waals surface area contributed by atoms with Crippen molar-refractivity contribution >= 4 is 12.1 Å². The highest BCUT2D eigenvalue weighted by Crippen LogP contribution is 2.22. The molecule has 0 N–H and O–H groups in total. The van der Waals surface area contributed by atoms with Crippen LogP contribution in [0.1, 0.15) is 41.5 Å². The van der Waals surface area contributed by atoms with Crippen molar-refractivity contribution in [2.75, 3.05) is 13.1 Å².